The molecule has 0 bridgehead atoms. The first-order chi connectivity index (χ1) is 9.13. The monoisotopic (exact) mass is 264 g/mol. The van der Waals surface area contributed by atoms with Gasteiger partial charge >= 0.3 is 0 Å². The number of hydrogen-bond acceptors (Lipinski definition) is 2. The van der Waals surface area contributed by atoms with E-state index in [1.165, 1.54) is 25.5 Å². The third-order valence-electron chi connectivity index (χ3n) is 3.68. The van der Waals surface area contributed by atoms with Gasteiger partial charge in [-0.25, -0.2) is 4.39 Å². The molecule has 1 aromatic rings. The Bertz CT molecular complexity index is 392. The van der Waals surface area contributed by atoms with E-state index in [0.29, 0.717) is 12.1 Å². The lowest BCUT2D eigenvalue weighted by Gasteiger charge is -2.34. The van der Waals surface area contributed by atoms with Crippen LogP contribution in [0.15, 0.2) is 24.3 Å². The Hall–Kier alpha value is -0.930. The molecule has 1 atom stereocenters. The van der Waals surface area contributed by atoms with Gasteiger partial charge in [0.1, 0.15) is 5.82 Å². The summed E-state index contributed by atoms with van der Waals surface area (Å²) in [7, 11) is 0. The van der Waals surface area contributed by atoms with Crippen molar-refractivity contribution in [3.8, 4) is 0 Å². The molecule has 1 heterocycles. The van der Waals surface area contributed by atoms with Crippen LogP contribution in [0.5, 0.6) is 0 Å². The first-order valence-electron chi connectivity index (χ1n) is 7.36. The van der Waals surface area contributed by atoms with Gasteiger partial charge in [-0.2, -0.15) is 0 Å². The van der Waals surface area contributed by atoms with Crippen LogP contribution in [0.25, 0.3) is 0 Å². The summed E-state index contributed by atoms with van der Waals surface area (Å²) in [4.78, 5) is 2.49. The van der Waals surface area contributed by atoms with Gasteiger partial charge in [0.15, 0.2) is 0 Å². The highest BCUT2D eigenvalue weighted by molar-refractivity contribution is 5.16. The smallest absolute Gasteiger partial charge is 0.123 e. The maximum absolute atomic E-state index is 13.1. The molecule has 1 aliphatic heterocycles. The molecular weight excluding hydrogens is 239 g/mol. The van der Waals surface area contributed by atoms with E-state index in [0.717, 1.165) is 25.1 Å². The van der Waals surface area contributed by atoms with Gasteiger partial charge < -0.3 is 10.2 Å². The Morgan fingerprint density at radius 2 is 2.26 bits per heavy atom. The van der Waals surface area contributed by atoms with Crippen molar-refractivity contribution in [3.63, 3.8) is 0 Å². The highest BCUT2D eigenvalue weighted by Gasteiger charge is 2.19. The summed E-state index contributed by atoms with van der Waals surface area (Å²) in [5.41, 5.74) is 1.10. The van der Waals surface area contributed by atoms with Gasteiger partial charge in [0.25, 0.3) is 0 Å². The Kier molecular flexibility index (Phi) is 5.34. The minimum Gasteiger partial charge on any atom is -0.311 e. The number of likely N-dealkylation sites (tertiary alicyclic amines) is 1. The predicted octanol–water partition coefficient (Wildman–Crippen LogP) is 2.83. The van der Waals surface area contributed by atoms with Gasteiger partial charge in [-0.1, -0.05) is 26.0 Å². The quantitative estimate of drug-likeness (QED) is 0.880. The van der Waals surface area contributed by atoms with Crippen LogP contribution < -0.4 is 5.32 Å². The summed E-state index contributed by atoms with van der Waals surface area (Å²) in [5, 5.41) is 3.62. The summed E-state index contributed by atoms with van der Waals surface area (Å²) >= 11 is 0. The average molecular weight is 264 g/mol. The van der Waals surface area contributed by atoms with Crippen LogP contribution in [-0.4, -0.2) is 36.6 Å². The second kappa shape index (κ2) is 7.01. The molecule has 1 unspecified atom stereocenters. The van der Waals surface area contributed by atoms with Crippen LogP contribution in [0.2, 0.25) is 0 Å². The molecule has 0 aromatic heterocycles. The SMILES string of the molecule is CC(C)NC1CCCN(CCc2cccc(F)c2)C1. The molecule has 0 aliphatic carbocycles. The van der Waals surface area contributed by atoms with Crippen molar-refractivity contribution in [1.29, 1.82) is 0 Å². The maximum Gasteiger partial charge on any atom is 0.123 e. The molecule has 3 heteroatoms. The molecular formula is C16H25FN2. The van der Waals surface area contributed by atoms with E-state index in [1.807, 2.05) is 6.07 Å². The van der Waals surface area contributed by atoms with Crippen molar-refractivity contribution in [1.82, 2.24) is 10.2 Å². The van der Waals surface area contributed by atoms with E-state index in [2.05, 4.69) is 24.1 Å². The fraction of sp³-hybridized carbons (Fsp3) is 0.625. The van der Waals surface area contributed by atoms with Crippen LogP contribution in [0.4, 0.5) is 4.39 Å². The number of benzene rings is 1. The molecule has 0 saturated carbocycles. The first-order valence-corrected chi connectivity index (χ1v) is 7.36. The van der Waals surface area contributed by atoms with Gasteiger partial charge in [0.2, 0.25) is 0 Å². The van der Waals surface area contributed by atoms with Crippen LogP contribution in [-0.2, 0) is 6.42 Å². The van der Waals surface area contributed by atoms with Crippen LogP contribution in [0.3, 0.4) is 0 Å². The molecule has 1 saturated heterocycles. The summed E-state index contributed by atoms with van der Waals surface area (Å²) < 4.78 is 13.1. The van der Waals surface area contributed by atoms with Crippen molar-refractivity contribution in [2.75, 3.05) is 19.6 Å². The zero-order chi connectivity index (χ0) is 13.7. The number of halogens is 1. The predicted molar refractivity (Wildman–Crippen MR) is 77.8 cm³/mol. The minimum atomic E-state index is -0.129. The molecule has 1 N–H and O–H groups in total. The second-order valence-electron chi connectivity index (χ2n) is 5.84. The summed E-state index contributed by atoms with van der Waals surface area (Å²) in [5.74, 6) is -0.129. The Morgan fingerprint density at radius 1 is 1.42 bits per heavy atom. The number of nitrogens with zero attached hydrogens (tertiary/aromatic N) is 1. The van der Waals surface area contributed by atoms with E-state index in [-0.39, 0.29) is 5.82 Å². The van der Waals surface area contributed by atoms with Gasteiger partial charge in [-0.05, 0) is 43.5 Å². The zero-order valence-electron chi connectivity index (χ0n) is 12.0. The Labute approximate surface area is 116 Å². The molecule has 2 rings (SSSR count). The molecule has 0 radical (unpaired) electrons. The molecule has 19 heavy (non-hydrogen) atoms. The summed E-state index contributed by atoms with van der Waals surface area (Å²) in [6.07, 6.45) is 3.47. The van der Waals surface area contributed by atoms with E-state index in [4.69, 9.17) is 0 Å². The van der Waals surface area contributed by atoms with Gasteiger partial charge in [-0.15, -0.1) is 0 Å². The Morgan fingerprint density at radius 3 is 3.00 bits per heavy atom. The largest absolute Gasteiger partial charge is 0.311 e. The fourth-order valence-electron chi connectivity index (χ4n) is 2.85. The maximum atomic E-state index is 13.1. The van der Waals surface area contributed by atoms with E-state index in [1.54, 1.807) is 12.1 Å². The van der Waals surface area contributed by atoms with Crippen molar-refractivity contribution in [2.45, 2.75) is 45.2 Å². The lowest BCUT2D eigenvalue weighted by molar-refractivity contribution is 0.187. The molecule has 1 fully saturated rings. The highest BCUT2D eigenvalue weighted by Crippen LogP contribution is 2.12. The number of hydrogen-bond donors (Lipinski definition) is 1. The minimum absolute atomic E-state index is 0.129. The molecule has 2 nitrogen and oxygen atoms in total. The van der Waals surface area contributed by atoms with Gasteiger partial charge in [0, 0.05) is 25.2 Å². The second-order valence-corrected chi connectivity index (χ2v) is 5.84. The zero-order valence-corrected chi connectivity index (χ0v) is 12.0. The third kappa shape index (κ3) is 4.92. The normalized spacial score (nSPS) is 20.9. The number of nitrogens with one attached hydrogen (secondary N) is 1. The fourth-order valence-corrected chi connectivity index (χ4v) is 2.85. The molecule has 106 valence electrons. The van der Waals surface area contributed by atoms with Crippen LogP contribution in [0.1, 0.15) is 32.3 Å². The number of piperidine rings is 1. The summed E-state index contributed by atoms with van der Waals surface area (Å²) in [6.45, 7) is 7.72. The van der Waals surface area contributed by atoms with Crippen LogP contribution in [0, 0.1) is 5.82 Å². The van der Waals surface area contributed by atoms with Crippen molar-refractivity contribution in [3.05, 3.63) is 35.6 Å². The lowest BCUT2D eigenvalue weighted by atomic mass is 10.0. The van der Waals surface area contributed by atoms with Crippen molar-refractivity contribution < 1.29 is 4.39 Å². The van der Waals surface area contributed by atoms with E-state index < -0.39 is 0 Å². The van der Waals surface area contributed by atoms with E-state index >= 15 is 0 Å². The third-order valence-corrected chi connectivity index (χ3v) is 3.68. The van der Waals surface area contributed by atoms with E-state index in [9.17, 15) is 4.39 Å². The first kappa shape index (κ1) is 14.5. The Balaban J connectivity index is 1.79. The molecule has 0 spiro atoms. The van der Waals surface area contributed by atoms with Crippen LogP contribution >= 0.6 is 0 Å². The topological polar surface area (TPSA) is 15.3 Å². The van der Waals surface area contributed by atoms with Crippen molar-refractivity contribution >= 4 is 0 Å². The lowest BCUT2D eigenvalue weighted by Crippen LogP contribution is -2.48. The number of rotatable bonds is 5. The summed E-state index contributed by atoms with van der Waals surface area (Å²) in [6, 6.07) is 8.12. The molecule has 1 aromatic carbocycles. The standard InChI is InChI=1S/C16H25FN2/c1-13(2)18-16-7-4-9-19(12-16)10-8-14-5-3-6-15(17)11-14/h3,5-6,11,13,16,18H,4,7-10,12H2,1-2H3. The van der Waals surface area contributed by atoms with Gasteiger partial charge in [-0.3, -0.25) is 0 Å². The average Bonchev–Trinajstić information content (AvgIpc) is 2.36. The molecule has 1 aliphatic rings. The van der Waals surface area contributed by atoms with Gasteiger partial charge in [0.05, 0.1) is 0 Å². The molecule has 0 amide bonds. The van der Waals surface area contributed by atoms with Crippen molar-refractivity contribution in [2.24, 2.45) is 0 Å². The highest BCUT2D eigenvalue weighted by atomic mass is 19.1.